The number of nitriles is 1. The second-order valence-electron chi connectivity index (χ2n) is 9.32. The normalized spacial score (nSPS) is 14.6. The molecule has 1 saturated carbocycles. The van der Waals surface area contributed by atoms with Crippen LogP contribution in [0.4, 0.5) is 5.95 Å². The first kappa shape index (κ1) is 27.5. The number of aryl methyl sites for hydroxylation is 1. The van der Waals surface area contributed by atoms with E-state index in [1.54, 1.807) is 12.4 Å². The molecule has 1 atom stereocenters. The molecule has 2 aromatic carbocycles. The minimum Gasteiger partial charge on any atom is -0.489 e. The molecule has 36 heavy (non-hydrogen) atoms. The highest BCUT2D eigenvalue weighted by Crippen LogP contribution is 2.39. The zero-order valence-corrected chi connectivity index (χ0v) is 22.8. The van der Waals surface area contributed by atoms with Crippen LogP contribution in [0.3, 0.4) is 0 Å². The lowest BCUT2D eigenvalue weighted by molar-refractivity contribution is -0.955. The highest BCUT2D eigenvalue weighted by Gasteiger charge is 2.29. The highest BCUT2D eigenvalue weighted by molar-refractivity contribution is 7.74. The van der Waals surface area contributed by atoms with Gasteiger partial charge in [0.2, 0.25) is 0 Å². The maximum Gasteiger partial charge on any atom is 0.273 e. The van der Waals surface area contributed by atoms with Gasteiger partial charge in [-0.05, 0) is 51.7 Å². The Hall–Kier alpha value is -3.12. The molecule has 1 aliphatic carbocycles. The van der Waals surface area contributed by atoms with Crippen molar-refractivity contribution in [2.24, 2.45) is 0 Å². The van der Waals surface area contributed by atoms with Crippen LogP contribution in [0.2, 0.25) is 0 Å². The lowest BCUT2D eigenvalue weighted by Crippen LogP contribution is -2.36. The van der Waals surface area contributed by atoms with Gasteiger partial charge in [0, 0.05) is 23.4 Å². The summed E-state index contributed by atoms with van der Waals surface area (Å²) < 4.78 is 5.32. The van der Waals surface area contributed by atoms with Crippen LogP contribution < -0.4 is 10.2 Å². The Balaban J connectivity index is 0.00000176. The van der Waals surface area contributed by atoms with Crippen LogP contribution in [-0.4, -0.2) is 32.5 Å². The van der Waals surface area contributed by atoms with E-state index in [0.717, 1.165) is 52.8 Å². The fourth-order valence-electron chi connectivity index (χ4n) is 3.86. The monoisotopic (exact) mass is 506 g/mol. The number of hydrogen-bond acceptors (Lipinski definition) is 7. The van der Waals surface area contributed by atoms with Crippen molar-refractivity contribution in [3.05, 3.63) is 71.0 Å². The van der Waals surface area contributed by atoms with Crippen molar-refractivity contribution in [3.63, 3.8) is 0 Å². The van der Waals surface area contributed by atoms with Crippen LogP contribution in [-0.2, 0) is 11.8 Å². The smallest absolute Gasteiger partial charge is 0.273 e. The van der Waals surface area contributed by atoms with Gasteiger partial charge in [-0.15, -0.1) is 0 Å². The van der Waals surface area contributed by atoms with E-state index in [4.69, 9.17) is 4.74 Å². The summed E-state index contributed by atoms with van der Waals surface area (Å²) in [7, 11) is 1.44. The zero-order valence-electron chi connectivity index (χ0n) is 21.9. The van der Waals surface area contributed by atoms with Crippen LogP contribution in [0.15, 0.2) is 48.8 Å². The standard InChI is InChI=1S/C26H30N5O2S.C2H6/c1-5-17-12-22(13-19(14-27)24(17)33-23-10-11-23)26(2,3)21-8-6-18(7-9-21)20-15-28-25(29-16-20)30-31(4,32)34;1-2/h6-9,12-13,15-16,23,32,34H,5,10-11H2,1-4H3,(H,28,29,30);1-2H3/q+1;. The van der Waals surface area contributed by atoms with Gasteiger partial charge < -0.3 is 4.74 Å². The highest BCUT2D eigenvalue weighted by atomic mass is 32.1. The quantitative estimate of drug-likeness (QED) is 0.184. The van der Waals surface area contributed by atoms with Gasteiger partial charge >= 0.3 is 0 Å². The van der Waals surface area contributed by atoms with Crippen LogP contribution in [0.5, 0.6) is 5.75 Å². The molecule has 2 N–H and O–H groups in total. The first-order chi connectivity index (χ1) is 17.1. The van der Waals surface area contributed by atoms with E-state index in [1.807, 2.05) is 32.0 Å². The first-order valence-electron chi connectivity index (χ1n) is 12.4. The molecule has 0 aliphatic heterocycles. The number of nitrogens with one attached hydrogen (secondary N) is 1. The third-order valence-electron chi connectivity index (χ3n) is 6.10. The fourth-order valence-corrected chi connectivity index (χ4v) is 3.95. The van der Waals surface area contributed by atoms with Crippen molar-refractivity contribution in [2.45, 2.75) is 65.4 Å². The Morgan fingerprint density at radius 2 is 1.72 bits per heavy atom. The van der Waals surface area contributed by atoms with Crippen molar-refractivity contribution in [2.75, 3.05) is 12.5 Å². The third kappa shape index (κ3) is 6.55. The maximum atomic E-state index is 9.81. The molecule has 0 bridgehead atoms. The molecule has 190 valence electrons. The van der Waals surface area contributed by atoms with Gasteiger partial charge in [0.15, 0.2) is 0 Å². The largest absolute Gasteiger partial charge is 0.489 e. The molecule has 4 rings (SSSR count). The number of hydrogen-bond donors (Lipinski definition) is 3. The molecule has 1 fully saturated rings. The average molecular weight is 507 g/mol. The van der Waals surface area contributed by atoms with E-state index in [-0.39, 0.29) is 17.5 Å². The number of ether oxygens (including phenoxy) is 1. The van der Waals surface area contributed by atoms with Crippen molar-refractivity contribution >= 4 is 18.8 Å². The average Bonchev–Trinajstić information content (AvgIpc) is 3.69. The van der Waals surface area contributed by atoms with Crippen LogP contribution in [0.1, 0.15) is 69.7 Å². The van der Waals surface area contributed by atoms with Crippen molar-refractivity contribution in [1.29, 1.82) is 5.26 Å². The number of aromatic nitrogens is 2. The van der Waals surface area contributed by atoms with Gasteiger partial charge in [0.05, 0.1) is 11.7 Å². The summed E-state index contributed by atoms with van der Waals surface area (Å²) in [5, 5.41) is 19.5. The number of anilines is 1. The van der Waals surface area contributed by atoms with Crippen molar-refractivity contribution in [1.82, 2.24) is 9.97 Å². The van der Waals surface area contributed by atoms with E-state index in [1.165, 1.54) is 7.05 Å². The molecule has 1 unspecified atom stereocenters. The van der Waals surface area contributed by atoms with E-state index < -0.39 is 4.16 Å². The molecule has 1 aliphatic rings. The third-order valence-corrected chi connectivity index (χ3v) is 6.20. The van der Waals surface area contributed by atoms with Crippen LogP contribution in [0, 0.1) is 11.3 Å². The number of thiol groups is 1. The van der Waals surface area contributed by atoms with E-state index in [0.29, 0.717) is 5.56 Å². The summed E-state index contributed by atoms with van der Waals surface area (Å²) in [6.07, 6.45) is 6.59. The number of nitrogens with zero attached hydrogens (tertiary/aromatic N) is 4. The molecule has 8 heteroatoms. The summed E-state index contributed by atoms with van der Waals surface area (Å²) in [4.78, 5) is 8.48. The summed E-state index contributed by atoms with van der Waals surface area (Å²) in [5.41, 5.74) is 8.11. The van der Waals surface area contributed by atoms with Gasteiger partial charge in [-0.1, -0.05) is 65.0 Å². The summed E-state index contributed by atoms with van der Waals surface area (Å²) in [6.45, 7) is 10.4. The Morgan fingerprint density at radius 3 is 2.22 bits per heavy atom. The lowest BCUT2D eigenvalue weighted by atomic mass is 9.76. The number of benzene rings is 2. The molecule has 0 spiro atoms. The van der Waals surface area contributed by atoms with Gasteiger partial charge in [0.25, 0.3) is 5.95 Å². The Labute approximate surface area is 219 Å². The molecule has 7 nitrogen and oxygen atoms in total. The maximum absolute atomic E-state index is 9.81. The molecule has 0 radical (unpaired) electrons. The first-order valence-corrected chi connectivity index (χ1v) is 12.8. The van der Waals surface area contributed by atoms with Gasteiger partial charge in [-0.2, -0.15) is 15.9 Å². The second-order valence-corrected chi connectivity index (χ2v) is 10.1. The molecule has 1 aromatic heterocycles. The van der Waals surface area contributed by atoms with Gasteiger partial charge in [-0.25, -0.2) is 9.97 Å². The van der Waals surface area contributed by atoms with E-state index in [9.17, 15) is 10.5 Å². The summed E-state index contributed by atoms with van der Waals surface area (Å²) >= 11 is 3.95. The van der Waals surface area contributed by atoms with Crippen molar-refractivity contribution < 1.29 is 14.1 Å². The van der Waals surface area contributed by atoms with E-state index >= 15 is 0 Å². The van der Waals surface area contributed by atoms with Crippen LogP contribution in [0.25, 0.3) is 11.1 Å². The minimum atomic E-state index is -0.760. The van der Waals surface area contributed by atoms with Gasteiger partial charge in [0.1, 0.15) is 31.7 Å². The molecule has 3 aromatic rings. The molecule has 1 heterocycles. The molecular weight excluding hydrogens is 470 g/mol. The Kier molecular flexibility index (Phi) is 8.62. The van der Waals surface area contributed by atoms with E-state index in [2.05, 4.69) is 73.2 Å². The molecular formula is C28H36N5O2S+. The van der Waals surface area contributed by atoms with Gasteiger partial charge in [-0.3, -0.25) is 0 Å². The molecule has 0 saturated heterocycles. The topological polar surface area (TPSA) is 91.1 Å². The predicted octanol–water partition coefficient (Wildman–Crippen LogP) is 6.48. The number of hydroxylamine groups is 1. The second kappa shape index (κ2) is 11.3. The summed E-state index contributed by atoms with van der Waals surface area (Å²) in [6, 6.07) is 14.8. The Morgan fingerprint density at radius 1 is 1.11 bits per heavy atom. The fraction of sp³-hybridized carbons (Fsp3) is 0.393. The Bertz CT molecular complexity index is 1210. The molecule has 0 amide bonds. The van der Waals surface area contributed by atoms with Crippen molar-refractivity contribution in [3.8, 4) is 22.9 Å². The minimum absolute atomic E-state index is 0.253. The SMILES string of the molecule is CC.CCc1cc(C(C)(C)c2ccc(-c3cnc(N[N+](C)(O)S)nc3)cc2)cc(C#N)c1OC1CC1. The zero-order chi connectivity index (χ0) is 26.5. The number of quaternary nitrogens is 1. The number of rotatable bonds is 8. The predicted molar refractivity (Wildman–Crippen MR) is 146 cm³/mol. The van der Waals surface area contributed by atoms with Crippen LogP contribution >= 0.6 is 12.8 Å². The lowest BCUT2D eigenvalue weighted by Gasteiger charge is -2.28. The summed E-state index contributed by atoms with van der Waals surface area (Å²) in [5.74, 6) is 1.02.